The van der Waals surface area contributed by atoms with Crippen molar-refractivity contribution < 1.29 is 9.53 Å². The summed E-state index contributed by atoms with van der Waals surface area (Å²) in [5, 5.41) is 11.5. The summed E-state index contributed by atoms with van der Waals surface area (Å²) in [6.45, 7) is 4.01. The Hall–Kier alpha value is -4.67. The predicted molar refractivity (Wildman–Crippen MR) is 155 cm³/mol. The number of halogens is 2. The van der Waals surface area contributed by atoms with Gasteiger partial charge >= 0.3 is 0 Å². The SMILES string of the molecule is C=C[C@H]1Cc2cc(-c3cc(Cl)ccc3-n3cc(Cl)nn3)cc(=O)n2[C@@H]1c1ncc(-c2ccc3c(c2)OCC(=O)N3)[nH]1. The van der Waals surface area contributed by atoms with Gasteiger partial charge in [-0.1, -0.05) is 40.6 Å². The highest BCUT2D eigenvalue weighted by Crippen LogP contribution is 2.39. The maximum absolute atomic E-state index is 13.7. The number of ether oxygens (including phenoxy) is 1. The molecule has 2 aromatic carbocycles. The fourth-order valence-electron chi connectivity index (χ4n) is 5.52. The third-order valence-electron chi connectivity index (χ3n) is 7.36. The molecule has 2 aliphatic rings. The minimum absolute atomic E-state index is 0.0291. The van der Waals surface area contributed by atoms with E-state index in [0.29, 0.717) is 40.0 Å². The van der Waals surface area contributed by atoms with Gasteiger partial charge in [0, 0.05) is 33.8 Å². The highest BCUT2D eigenvalue weighted by atomic mass is 35.5. The van der Waals surface area contributed by atoms with Crippen LogP contribution in [0.25, 0.3) is 28.1 Å². The second kappa shape index (κ2) is 9.76. The maximum atomic E-state index is 13.7. The topological polar surface area (TPSA) is 120 Å². The Bertz CT molecular complexity index is 1930. The molecule has 5 aromatic rings. The molecule has 0 fully saturated rings. The number of anilines is 1. The van der Waals surface area contributed by atoms with Crippen molar-refractivity contribution in [3.05, 3.63) is 106 Å². The van der Waals surface area contributed by atoms with Crippen LogP contribution in [-0.2, 0) is 11.2 Å². The summed E-state index contributed by atoms with van der Waals surface area (Å²) < 4.78 is 8.88. The zero-order valence-corrected chi connectivity index (χ0v) is 22.9. The van der Waals surface area contributed by atoms with Crippen molar-refractivity contribution >= 4 is 34.8 Å². The molecule has 2 atom stereocenters. The van der Waals surface area contributed by atoms with E-state index < -0.39 is 0 Å². The van der Waals surface area contributed by atoms with Gasteiger partial charge in [0.25, 0.3) is 11.5 Å². The van der Waals surface area contributed by atoms with Crippen molar-refractivity contribution in [1.29, 1.82) is 0 Å². The first kappa shape index (κ1) is 25.3. The number of benzene rings is 2. The van der Waals surface area contributed by atoms with Crippen LogP contribution >= 0.6 is 23.2 Å². The number of rotatable bonds is 5. The van der Waals surface area contributed by atoms with Crippen LogP contribution in [0.4, 0.5) is 5.69 Å². The smallest absolute Gasteiger partial charge is 0.262 e. The molecule has 10 nitrogen and oxygen atoms in total. The van der Waals surface area contributed by atoms with Crippen molar-refractivity contribution in [1.82, 2.24) is 29.5 Å². The molecule has 0 saturated heterocycles. The first-order valence-corrected chi connectivity index (χ1v) is 13.5. The lowest BCUT2D eigenvalue weighted by molar-refractivity contribution is -0.118. The Labute approximate surface area is 243 Å². The third kappa shape index (κ3) is 4.41. The summed E-state index contributed by atoms with van der Waals surface area (Å²) in [6, 6.07) is 14.1. The summed E-state index contributed by atoms with van der Waals surface area (Å²) >= 11 is 12.4. The van der Waals surface area contributed by atoms with E-state index in [2.05, 4.69) is 32.2 Å². The molecule has 0 saturated carbocycles. The fraction of sp³-hybridized carbons (Fsp3) is 0.138. The molecular formula is C29H21Cl2N7O3. The van der Waals surface area contributed by atoms with Gasteiger partial charge in [-0.25, -0.2) is 9.67 Å². The van der Waals surface area contributed by atoms with E-state index in [-0.39, 0.29) is 35.2 Å². The van der Waals surface area contributed by atoms with E-state index in [1.54, 1.807) is 45.9 Å². The number of H-pyrrole nitrogens is 1. The zero-order chi connectivity index (χ0) is 28.2. The van der Waals surface area contributed by atoms with E-state index in [1.807, 2.05) is 30.3 Å². The van der Waals surface area contributed by atoms with Crippen LogP contribution in [-0.4, -0.2) is 42.0 Å². The second-order valence-corrected chi connectivity index (χ2v) is 10.7. The lowest BCUT2D eigenvalue weighted by Gasteiger charge is -2.18. The molecule has 7 rings (SSSR count). The number of pyridine rings is 1. The molecule has 1 amide bonds. The van der Waals surface area contributed by atoms with Crippen LogP contribution in [0.1, 0.15) is 17.6 Å². The van der Waals surface area contributed by atoms with Gasteiger partial charge in [0.2, 0.25) is 0 Å². The molecule has 0 bridgehead atoms. The Kier molecular flexibility index (Phi) is 6.02. The second-order valence-electron chi connectivity index (χ2n) is 9.87. The van der Waals surface area contributed by atoms with Gasteiger partial charge in [-0.3, -0.25) is 9.59 Å². The van der Waals surface area contributed by atoms with Gasteiger partial charge in [-0.05, 0) is 48.4 Å². The van der Waals surface area contributed by atoms with E-state index in [9.17, 15) is 9.59 Å². The van der Waals surface area contributed by atoms with Gasteiger partial charge in [0.05, 0.1) is 29.5 Å². The Morgan fingerprint density at radius 3 is 2.76 bits per heavy atom. The molecule has 0 aliphatic carbocycles. The number of aromatic nitrogens is 6. The molecule has 2 aliphatic heterocycles. The van der Waals surface area contributed by atoms with Crippen molar-refractivity contribution in [2.24, 2.45) is 5.92 Å². The summed E-state index contributed by atoms with van der Waals surface area (Å²) in [7, 11) is 0. The zero-order valence-electron chi connectivity index (χ0n) is 21.3. The number of allylic oxidation sites excluding steroid dienone is 1. The average Bonchev–Trinajstić information content (AvgIpc) is 3.71. The molecule has 0 unspecified atom stereocenters. The van der Waals surface area contributed by atoms with Crippen LogP contribution in [0.2, 0.25) is 10.2 Å². The van der Waals surface area contributed by atoms with E-state index >= 15 is 0 Å². The lowest BCUT2D eigenvalue weighted by Crippen LogP contribution is -2.26. The first-order chi connectivity index (χ1) is 19.9. The lowest BCUT2D eigenvalue weighted by atomic mass is 9.98. The van der Waals surface area contributed by atoms with Gasteiger partial charge < -0.3 is 19.6 Å². The number of amides is 1. The molecule has 2 N–H and O–H groups in total. The number of imidazole rings is 1. The molecule has 5 heterocycles. The highest BCUT2D eigenvalue weighted by Gasteiger charge is 2.35. The van der Waals surface area contributed by atoms with Crippen molar-refractivity contribution in [2.45, 2.75) is 12.5 Å². The summed E-state index contributed by atoms with van der Waals surface area (Å²) in [5.41, 5.74) is 5.02. The maximum Gasteiger partial charge on any atom is 0.262 e. The summed E-state index contributed by atoms with van der Waals surface area (Å²) in [5.74, 6) is 0.983. The van der Waals surface area contributed by atoms with Crippen LogP contribution in [0, 0.1) is 5.92 Å². The highest BCUT2D eigenvalue weighted by molar-refractivity contribution is 6.31. The number of aromatic amines is 1. The monoisotopic (exact) mass is 585 g/mol. The molecular weight excluding hydrogens is 565 g/mol. The van der Waals surface area contributed by atoms with Crippen LogP contribution in [0.15, 0.2) is 78.4 Å². The molecule has 3 aromatic heterocycles. The Morgan fingerprint density at radius 2 is 1.95 bits per heavy atom. The standard InChI is InChI=1S/C29H21Cl2N7O3/c1-2-15-7-19-8-17(20-11-18(30)4-6-23(20)37-13-25(31)35-36-37)10-27(40)38(19)28(15)29-32-12-22(34-29)16-3-5-21-24(9-16)41-14-26(39)33-21/h2-6,8-13,15,28H,1,7,14H2,(H,32,34)(H,33,39)/t15-,28-/m0/s1. The number of hydrogen-bond donors (Lipinski definition) is 2. The van der Waals surface area contributed by atoms with Crippen LogP contribution < -0.4 is 15.6 Å². The summed E-state index contributed by atoms with van der Waals surface area (Å²) in [4.78, 5) is 33.4. The minimum atomic E-state index is -0.362. The van der Waals surface area contributed by atoms with Gasteiger partial charge in [0.15, 0.2) is 11.8 Å². The van der Waals surface area contributed by atoms with Gasteiger partial charge in [-0.2, -0.15) is 0 Å². The van der Waals surface area contributed by atoms with Crippen LogP contribution in [0.3, 0.4) is 0 Å². The first-order valence-electron chi connectivity index (χ1n) is 12.8. The van der Waals surface area contributed by atoms with Crippen molar-refractivity contribution in [3.8, 4) is 33.8 Å². The van der Waals surface area contributed by atoms with Gasteiger partial charge in [-0.15, -0.1) is 11.7 Å². The average molecular weight is 586 g/mol. The van der Waals surface area contributed by atoms with E-state index in [0.717, 1.165) is 22.5 Å². The van der Waals surface area contributed by atoms with Crippen molar-refractivity contribution in [2.75, 3.05) is 11.9 Å². The fourth-order valence-corrected chi connectivity index (χ4v) is 5.82. The molecule has 12 heteroatoms. The number of fused-ring (bicyclic) bond motifs is 2. The summed E-state index contributed by atoms with van der Waals surface area (Å²) in [6.07, 6.45) is 5.79. The molecule has 41 heavy (non-hydrogen) atoms. The molecule has 0 spiro atoms. The van der Waals surface area contributed by atoms with E-state index in [4.69, 9.17) is 27.9 Å². The van der Waals surface area contributed by atoms with Crippen LogP contribution in [0.5, 0.6) is 5.75 Å². The van der Waals surface area contributed by atoms with E-state index in [1.165, 1.54) is 0 Å². The normalized spacial score (nSPS) is 17.5. The number of carbonyl (C=O) groups is 1. The molecule has 204 valence electrons. The number of hydrogen-bond acceptors (Lipinski definition) is 6. The number of nitrogens with one attached hydrogen (secondary N) is 2. The largest absolute Gasteiger partial charge is 0.482 e. The molecule has 0 radical (unpaired) electrons. The Morgan fingerprint density at radius 1 is 1.07 bits per heavy atom. The van der Waals surface area contributed by atoms with Gasteiger partial charge in [0.1, 0.15) is 17.6 Å². The quantitative estimate of drug-likeness (QED) is 0.278. The number of nitrogens with zero attached hydrogens (tertiary/aromatic N) is 5. The van der Waals surface area contributed by atoms with Crippen molar-refractivity contribution in [3.63, 3.8) is 0 Å². The predicted octanol–water partition coefficient (Wildman–Crippen LogP) is 5.07. The minimum Gasteiger partial charge on any atom is -0.482 e. The third-order valence-corrected chi connectivity index (χ3v) is 7.77. The Balaban J connectivity index is 1.27. The number of carbonyl (C=O) groups excluding carboxylic acids is 1.